The summed E-state index contributed by atoms with van der Waals surface area (Å²) in [5.74, 6) is -1.85. The number of benzene rings is 2. The molecule has 0 spiro atoms. The molecular formula is C19H20ClN3O6. The van der Waals surface area contributed by atoms with Crippen LogP contribution in [0.4, 0.5) is 5.69 Å². The molecule has 4 N–H and O–H groups in total. The van der Waals surface area contributed by atoms with Gasteiger partial charge in [0.1, 0.15) is 5.75 Å². The molecule has 0 heterocycles. The molecule has 0 atom stereocenters. The van der Waals surface area contributed by atoms with Crippen molar-refractivity contribution in [2.24, 2.45) is 0 Å². The Morgan fingerprint density at radius 1 is 1.07 bits per heavy atom. The number of halogens is 1. The molecule has 154 valence electrons. The molecule has 29 heavy (non-hydrogen) atoms. The number of nitrogens with one attached hydrogen (secondary N) is 3. The van der Waals surface area contributed by atoms with E-state index in [-0.39, 0.29) is 30.0 Å². The van der Waals surface area contributed by atoms with Crippen LogP contribution >= 0.6 is 11.6 Å². The van der Waals surface area contributed by atoms with Crippen LogP contribution in [0, 0.1) is 0 Å². The number of hydrazine groups is 1. The van der Waals surface area contributed by atoms with Gasteiger partial charge in [-0.05, 0) is 30.3 Å². The van der Waals surface area contributed by atoms with Crippen LogP contribution in [-0.4, -0.2) is 49.8 Å². The maximum absolute atomic E-state index is 12.2. The van der Waals surface area contributed by atoms with Crippen LogP contribution in [0.2, 0.25) is 5.02 Å². The third kappa shape index (κ3) is 6.37. The minimum Gasteiger partial charge on any atom is -0.496 e. The topological polar surface area (TPSA) is 126 Å². The average Bonchev–Trinajstić information content (AvgIpc) is 2.74. The Bertz CT molecular complexity index is 890. The van der Waals surface area contributed by atoms with E-state index in [4.69, 9.17) is 26.2 Å². The summed E-state index contributed by atoms with van der Waals surface area (Å²) < 4.78 is 10.0. The first kappa shape index (κ1) is 22.0. The van der Waals surface area contributed by atoms with E-state index in [0.717, 1.165) is 0 Å². The second-order valence-electron chi connectivity index (χ2n) is 5.62. The molecule has 2 rings (SSSR count). The fourth-order valence-electron chi connectivity index (χ4n) is 2.30. The Morgan fingerprint density at radius 2 is 1.83 bits per heavy atom. The number of para-hydroxylation sites is 1. The minimum absolute atomic E-state index is 0.108. The summed E-state index contributed by atoms with van der Waals surface area (Å²) in [6.45, 7) is -0.465. The zero-order valence-corrected chi connectivity index (χ0v) is 16.3. The molecule has 0 aromatic heterocycles. The first-order valence-electron chi connectivity index (χ1n) is 8.50. The predicted molar refractivity (Wildman–Crippen MR) is 106 cm³/mol. The summed E-state index contributed by atoms with van der Waals surface area (Å²) in [7, 11) is 1.39. The molecule has 2 amide bonds. The molecule has 2 aromatic rings. The normalized spacial score (nSPS) is 10.0. The third-order valence-electron chi connectivity index (χ3n) is 3.63. The van der Waals surface area contributed by atoms with Gasteiger partial charge in [0.05, 0.1) is 24.8 Å². The number of carbonyl (C=O) groups excluding carboxylic acids is 3. The fourth-order valence-corrected chi connectivity index (χ4v) is 2.47. The number of hydrogen-bond donors (Lipinski definition) is 4. The van der Waals surface area contributed by atoms with Gasteiger partial charge in [0.25, 0.3) is 11.8 Å². The molecular weight excluding hydrogens is 402 g/mol. The first-order valence-corrected chi connectivity index (χ1v) is 8.87. The second kappa shape index (κ2) is 10.9. The number of methoxy groups -OCH3 is 1. The van der Waals surface area contributed by atoms with Crippen molar-refractivity contribution in [3.63, 3.8) is 0 Å². The van der Waals surface area contributed by atoms with Crippen LogP contribution in [0.25, 0.3) is 0 Å². The lowest BCUT2D eigenvalue weighted by Gasteiger charge is -2.12. The van der Waals surface area contributed by atoms with E-state index in [1.807, 2.05) is 0 Å². The SMILES string of the molecule is COc1ccc(Cl)cc1C(=O)NNC(=O)COC(=O)c1ccccc1NCCO. The van der Waals surface area contributed by atoms with Gasteiger partial charge in [0.2, 0.25) is 0 Å². The van der Waals surface area contributed by atoms with Gasteiger partial charge in [0, 0.05) is 17.3 Å². The van der Waals surface area contributed by atoms with Gasteiger partial charge < -0.3 is 19.9 Å². The Morgan fingerprint density at radius 3 is 2.55 bits per heavy atom. The highest BCUT2D eigenvalue weighted by Crippen LogP contribution is 2.22. The standard InChI is InChI=1S/C19H20ClN3O6/c1-28-16-7-6-12(20)10-14(16)18(26)23-22-17(25)11-29-19(27)13-4-2-3-5-15(13)21-8-9-24/h2-7,10,21,24H,8-9,11H2,1H3,(H,22,25)(H,23,26). The highest BCUT2D eigenvalue weighted by atomic mass is 35.5. The van der Waals surface area contributed by atoms with Crippen LogP contribution in [0.5, 0.6) is 5.75 Å². The predicted octanol–water partition coefficient (Wildman–Crippen LogP) is 1.37. The molecule has 0 saturated carbocycles. The van der Waals surface area contributed by atoms with Gasteiger partial charge in [-0.3, -0.25) is 20.4 Å². The number of hydrogen-bond acceptors (Lipinski definition) is 7. The maximum Gasteiger partial charge on any atom is 0.340 e. The van der Waals surface area contributed by atoms with Gasteiger partial charge in [-0.1, -0.05) is 23.7 Å². The van der Waals surface area contributed by atoms with Crippen molar-refractivity contribution in [1.82, 2.24) is 10.9 Å². The van der Waals surface area contributed by atoms with Crippen LogP contribution in [0.1, 0.15) is 20.7 Å². The van der Waals surface area contributed by atoms with Crippen LogP contribution in [0.15, 0.2) is 42.5 Å². The number of aliphatic hydroxyl groups is 1. The Kier molecular flexibility index (Phi) is 8.26. The number of amides is 2. The van der Waals surface area contributed by atoms with Crippen molar-refractivity contribution in [1.29, 1.82) is 0 Å². The molecule has 0 aliphatic rings. The second-order valence-corrected chi connectivity index (χ2v) is 6.06. The minimum atomic E-state index is -0.742. The number of rotatable bonds is 8. The van der Waals surface area contributed by atoms with E-state index in [9.17, 15) is 14.4 Å². The summed E-state index contributed by atoms with van der Waals surface area (Å²) in [4.78, 5) is 36.3. The molecule has 9 nitrogen and oxygen atoms in total. The number of anilines is 1. The van der Waals surface area contributed by atoms with Crippen molar-refractivity contribution in [3.05, 3.63) is 58.6 Å². The number of aliphatic hydroxyl groups excluding tert-OH is 1. The van der Waals surface area contributed by atoms with Crippen molar-refractivity contribution < 1.29 is 29.0 Å². The molecule has 10 heteroatoms. The van der Waals surface area contributed by atoms with Gasteiger partial charge in [-0.15, -0.1) is 0 Å². The zero-order chi connectivity index (χ0) is 21.2. The number of esters is 1. The summed E-state index contributed by atoms with van der Waals surface area (Å²) in [5, 5.41) is 12.1. The highest BCUT2D eigenvalue weighted by molar-refractivity contribution is 6.31. The zero-order valence-electron chi connectivity index (χ0n) is 15.5. The quantitative estimate of drug-likeness (QED) is 0.374. The lowest BCUT2D eigenvalue weighted by Crippen LogP contribution is -2.43. The fraction of sp³-hybridized carbons (Fsp3) is 0.211. The van der Waals surface area contributed by atoms with Crippen molar-refractivity contribution in [2.45, 2.75) is 0 Å². The van der Waals surface area contributed by atoms with E-state index in [2.05, 4.69) is 16.2 Å². The highest BCUT2D eigenvalue weighted by Gasteiger charge is 2.16. The molecule has 0 aliphatic carbocycles. The summed E-state index contributed by atoms with van der Waals surface area (Å²) >= 11 is 5.87. The van der Waals surface area contributed by atoms with E-state index < -0.39 is 24.4 Å². The van der Waals surface area contributed by atoms with E-state index >= 15 is 0 Å². The molecule has 0 bridgehead atoms. The summed E-state index contributed by atoms with van der Waals surface area (Å²) in [6.07, 6.45) is 0. The van der Waals surface area contributed by atoms with Gasteiger partial charge in [-0.25, -0.2) is 4.79 Å². The molecule has 0 fully saturated rings. The summed E-state index contributed by atoms with van der Waals surface area (Å²) in [5.41, 5.74) is 5.14. The lowest BCUT2D eigenvalue weighted by molar-refractivity contribution is -0.125. The summed E-state index contributed by atoms with van der Waals surface area (Å²) in [6, 6.07) is 11.0. The average molecular weight is 422 g/mol. The van der Waals surface area contributed by atoms with Crippen molar-refractivity contribution in [3.8, 4) is 5.75 Å². The van der Waals surface area contributed by atoms with Gasteiger partial charge in [-0.2, -0.15) is 0 Å². The third-order valence-corrected chi connectivity index (χ3v) is 3.87. The van der Waals surface area contributed by atoms with Gasteiger partial charge >= 0.3 is 5.97 Å². The van der Waals surface area contributed by atoms with Crippen molar-refractivity contribution >= 4 is 35.1 Å². The monoisotopic (exact) mass is 421 g/mol. The van der Waals surface area contributed by atoms with E-state index in [1.165, 1.54) is 25.3 Å². The Balaban J connectivity index is 1.88. The lowest BCUT2D eigenvalue weighted by atomic mass is 10.2. The molecule has 0 saturated heterocycles. The Hall–Kier alpha value is -3.30. The smallest absolute Gasteiger partial charge is 0.340 e. The first-order chi connectivity index (χ1) is 14.0. The van der Waals surface area contributed by atoms with E-state index in [1.54, 1.807) is 24.3 Å². The van der Waals surface area contributed by atoms with Gasteiger partial charge in [0.15, 0.2) is 6.61 Å². The molecule has 2 aromatic carbocycles. The number of carbonyl (C=O) groups is 3. The maximum atomic E-state index is 12.2. The van der Waals surface area contributed by atoms with Crippen LogP contribution in [0.3, 0.4) is 0 Å². The van der Waals surface area contributed by atoms with E-state index in [0.29, 0.717) is 10.7 Å². The van der Waals surface area contributed by atoms with Crippen molar-refractivity contribution in [2.75, 3.05) is 32.2 Å². The van der Waals surface area contributed by atoms with Crippen LogP contribution < -0.4 is 20.9 Å². The van der Waals surface area contributed by atoms with Crippen LogP contribution in [-0.2, 0) is 9.53 Å². The molecule has 0 aliphatic heterocycles. The largest absolute Gasteiger partial charge is 0.496 e. The number of ether oxygens (including phenoxy) is 2. The Labute approximate surface area is 171 Å². The molecule has 0 unspecified atom stereocenters. The molecule has 0 radical (unpaired) electrons.